The van der Waals surface area contributed by atoms with Crippen molar-refractivity contribution in [3.8, 4) is 0 Å². The second-order valence-electron chi connectivity index (χ2n) is 7.08. The van der Waals surface area contributed by atoms with Gasteiger partial charge >= 0.3 is 0 Å². The number of amides is 2. The zero-order chi connectivity index (χ0) is 21.7. The molecule has 0 radical (unpaired) electrons. The maximum atomic E-state index is 12.8. The fourth-order valence-electron chi connectivity index (χ4n) is 2.92. The Morgan fingerprint density at radius 1 is 0.767 bits per heavy atom. The van der Waals surface area contributed by atoms with E-state index in [9.17, 15) is 9.59 Å². The van der Waals surface area contributed by atoms with Crippen LogP contribution in [0.2, 0.25) is 0 Å². The van der Waals surface area contributed by atoms with Crippen molar-refractivity contribution in [2.24, 2.45) is 0 Å². The molecule has 0 spiro atoms. The maximum absolute atomic E-state index is 12.8. The normalized spacial score (nSPS) is 10.2. The summed E-state index contributed by atoms with van der Waals surface area (Å²) in [7, 11) is 0. The van der Waals surface area contributed by atoms with Crippen molar-refractivity contribution in [1.29, 1.82) is 0 Å². The number of carbonyl (C=O) groups excluding carboxylic acids is 2. The molecule has 0 bridgehead atoms. The van der Waals surface area contributed by atoms with E-state index in [0.717, 1.165) is 16.7 Å². The quantitative estimate of drug-likeness (QED) is 0.523. The first-order valence-electron chi connectivity index (χ1n) is 9.50. The highest BCUT2D eigenvalue weighted by molar-refractivity contribution is 7.80. The monoisotopic (exact) mass is 417 g/mol. The van der Waals surface area contributed by atoms with Gasteiger partial charge in [-0.05, 0) is 80.5 Å². The van der Waals surface area contributed by atoms with Crippen molar-refractivity contribution in [3.63, 3.8) is 0 Å². The lowest BCUT2D eigenvalue weighted by Crippen LogP contribution is -2.34. The van der Waals surface area contributed by atoms with Crippen molar-refractivity contribution in [2.75, 3.05) is 10.6 Å². The van der Waals surface area contributed by atoms with E-state index < -0.39 is 0 Å². The van der Waals surface area contributed by atoms with Crippen LogP contribution >= 0.6 is 12.2 Å². The van der Waals surface area contributed by atoms with Crippen molar-refractivity contribution >= 4 is 40.5 Å². The number of para-hydroxylation sites is 1. The number of aryl methyl sites for hydroxylation is 3. The minimum Gasteiger partial charge on any atom is -0.332 e. The third kappa shape index (κ3) is 5.30. The Bertz CT molecular complexity index is 1120. The fourth-order valence-corrected chi connectivity index (χ4v) is 3.13. The molecule has 0 aliphatic carbocycles. The van der Waals surface area contributed by atoms with E-state index >= 15 is 0 Å². The highest BCUT2D eigenvalue weighted by atomic mass is 32.1. The van der Waals surface area contributed by atoms with Crippen LogP contribution in [0.4, 0.5) is 11.4 Å². The molecule has 2 amide bonds. The molecule has 0 aliphatic rings. The first-order chi connectivity index (χ1) is 14.3. The van der Waals surface area contributed by atoms with Gasteiger partial charge in [-0.3, -0.25) is 14.9 Å². The molecule has 5 nitrogen and oxygen atoms in total. The summed E-state index contributed by atoms with van der Waals surface area (Å²) in [5, 5.41) is 8.62. The summed E-state index contributed by atoms with van der Waals surface area (Å²) in [5.41, 5.74) is 5.39. The number of hydrogen-bond donors (Lipinski definition) is 3. The molecule has 0 heterocycles. The molecule has 0 aliphatic heterocycles. The first-order valence-corrected chi connectivity index (χ1v) is 9.91. The van der Waals surface area contributed by atoms with E-state index in [1.807, 2.05) is 51.1 Å². The topological polar surface area (TPSA) is 70.2 Å². The van der Waals surface area contributed by atoms with Gasteiger partial charge in [0.05, 0.1) is 11.3 Å². The SMILES string of the molecule is Cc1cccc(C(=O)NC(=S)Nc2ccccc2C(=O)Nc2ccc(C)c(C)c2)c1. The Morgan fingerprint density at radius 2 is 1.53 bits per heavy atom. The molecular weight excluding hydrogens is 394 g/mol. The number of hydrogen-bond acceptors (Lipinski definition) is 3. The van der Waals surface area contributed by atoms with E-state index in [2.05, 4.69) is 16.0 Å². The van der Waals surface area contributed by atoms with E-state index in [4.69, 9.17) is 12.2 Å². The van der Waals surface area contributed by atoms with Gasteiger partial charge in [0.2, 0.25) is 0 Å². The van der Waals surface area contributed by atoms with Gasteiger partial charge in [-0.2, -0.15) is 0 Å². The number of thiocarbonyl (C=S) groups is 1. The maximum Gasteiger partial charge on any atom is 0.257 e. The smallest absolute Gasteiger partial charge is 0.257 e. The lowest BCUT2D eigenvalue weighted by Gasteiger charge is -2.14. The molecule has 0 saturated carbocycles. The van der Waals surface area contributed by atoms with Gasteiger partial charge in [0.1, 0.15) is 0 Å². The summed E-state index contributed by atoms with van der Waals surface area (Å²) >= 11 is 5.28. The number of rotatable bonds is 4. The summed E-state index contributed by atoms with van der Waals surface area (Å²) in [6.45, 7) is 5.93. The van der Waals surface area contributed by atoms with Gasteiger partial charge in [0.25, 0.3) is 11.8 Å². The molecular formula is C24H23N3O2S. The largest absolute Gasteiger partial charge is 0.332 e. The van der Waals surface area contributed by atoms with E-state index in [1.54, 1.807) is 36.4 Å². The predicted octanol–water partition coefficient (Wildman–Crippen LogP) is 4.99. The molecule has 152 valence electrons. The fraction of sp³-hybridized carbons (Fsp3) is 0.125. The van der Waals surface area contributed by atoms with Gasteiger partial charge < -0.3 is 10.6 Å². The summed E-state index contributed by atoms with van der Waals surface area (Å²) in [6, 6.07) is 20.0. The lowest BCUT2D eigenvalue weighted by molar-refractivity contribution is 0.0976. The third-order valence-corrected chi connectivity index (χ3v) is 4.90. The first kappa shape index (κ1) is 21.2. The molecule has 3 rings (SSSR count). The predicted molar refractivity (Wildman–Crippen MR) is 125 cm³/mol. The molecule has 0 aromatic heterocycles. The van der Waals surface area contributed by atoms with Crippen LogP contribution in [0.1, 0.15) is 37.4 Å². The van der Waals surface area contributed by atoms with Gasteiger partial charge in [-0.15, -0.1) is 0 Å². The van der Waals surface area contributed by atoms with Crippen LogP contribution in [0.3, 0.4) is 0 Å². The summed E-state index contributed by atoms with van der Waals surface area (Å²) in [5.74, 6) is -0.581. The van der Waals surface area contributed by atoms with E-state index in [0.29, 0.717) is 22.5 Å². The average Bonchev–Trinajstić information content (AvgIpc) is 2.71. The van der Waals surface area contributed by atoms with Crippen LogP contribution in [-0.4, -0.2) is 16.9 Å². The molecule has 0 saturated heterocycles. The van der Waals surface area contributed by atoms with Crippen LogP contribution in [0, 0.1) is 20.8 Å². The second kappa shape index (κ2) is 9.33. The number of nitrogens with one attached hydrogen (secondary N) is 3. The highest BCUT2D eigenvalue weighted by Crippen LogP contribution is 2.19. The summed E-state index contributed by atoms with van der Waals surface area (Å²) < 4.78 is 0. The van der Waals surface area contributed by atoms with Crippen LogP contribution in [-0.2, 0) is 0 Å². The zero-order valence-corrected chi connectivity index (χ0v) is 17.9. The van der Waals surface area contributed by atoms with Gasteiger partial charge in [0.15, 0.2) is 5.11 Å². The Labute approximate surface area is 181 Å². The van der Waals surface area contributed by atoms with Crippen molar-refractivity contribution in [1.82, 2.24) is 5.32 Å². The minimum absolute atomic E-state index is 0.118. The molecule has 0 atom stereocenters. The Morgan fingerprint density at radius 3 is 2.27 bits per heavy atom. The average molecular weight is 418 g/mol. The lowest BCUT2D eigenvalue weighted by atomic mass is 10.1. The number of carbonyl (C=O) groups is 2. The van der Waals surface area contributed by atoms with E-state index in [1.165, 1.54) is 0 Å². The Kier molecular flexibility index (Phi) is 6.59. The standard InChI is InChI=1S/C24H23N3O2S/c1-15-7-6-8-18(13-15)22(28)27-24(30)26-21-10-5-4-9-20(21)23(29)25-19-12-11-16(2)17(3)14-19/h4-14H,1-3H3,(H,25,29)(H2,26,27,28,30). The van der Waals surface area contributed by atoms with Crippen molar-refractivity contribution in [3.05, 3.63) is 94.5 Å². The van der Waals surface area contributed by atoms with Gasteiger partial charge in [-0.1, -0.05) is 35.9 Å². The van der Waals surface area contributed by atoms with Crippen LogP contribution < -0.4 is 16.0 Å². The van der Waals surface area contributed by atoms with Crippen molar-refractivity contribution < 1.29 is 9.59 Å². The van der Waals surface area contributed by atoms with Crippen LogP contribution in [0.15, 0.2) is 66.7 Å². The van der Waals surface area contributed by atoms with Gasteiger partial charge in [-0.25, -0.2) is 0 Å². The molecule has 6 heteroatoms. The second-order valence-corrected chi connectivity index (χ2v) is 7.48. The van der Waals surface area contributed by atoms with Crippen LogP contribution in [0.25, 0.3) is 0 Å². The molecule has 3 aromatic carbocycles. The van der Waals surface area contributed by atoms with Crippen molar-refractivity contribution in [2.45, 2.75) is 20.8 Å². The zero-order valence-electron chi connectivity index (χ0n) is 17.1. The Balaban J connectivity index is 1.71. The molecule has 3 aromatic rings. The summed E-state index contributed by atoms with van der Waals surface area (Å²) in [6.07, 6.45) is 0. The summed E-state index contributed by atoms with van der Waals surface area (Å²) in [4.78, 5) is 25.2. The molecule has 30 heavy (non-hydrogen) atoms. The molecule has 0 unspecified atom stereocenters. The highest BCUT2D eigenvalue weighted by Gasteiger charge is 2.14. The minimum atomic E-state index is -0.312. The Hall–Kier alpha value is -3.51. The van der Waals surface area contributed by atoms with E-state index in [-0.39, 0.29) is 16.9 Å². The third-order valence-electron chi connectivity index (χ3n) is 4.69. The molecule has 0 fully saturated rings. The molecule has 3 N–H and O–H groups in total. The van der Waals surface area contributed by atoms with Crippen LogP contribution in [0.5, 0.6) is 0 Å². The number of benzene rings is 3. The van der Waals surface area contributed by atoms with Gasteiger partial charge in [0, 0.05) is 11.3 Å². The number of anilines is 2.